The summed E-state index contributed by atoms with van der Waals surface area (Å²) in [4.78, 5) is 14.3. The van der Waals surface area contributed by atoms with E-state index in [0.29, 0.717) is 0 Å². The Morgan fingerprint density at radius 2 is 2.08 bits per heavy atom. The van der Waals surface area contributed by atoms with E-state index in [1.54, 1.807) is 19.3 Å². The number of guanidine groups is 1. The second-order valence-corrected chi connectivity index (χ2v) is 3.06. The predicted octanol–water partition coefficient (Wildman–Crippen LogP) is -1.07. The van der Waals surface area contributed by atoms with E-state index in [4.69, 9.17) is 16.7 Å². The summed E-state index contributed by atoms with van der Waals surface area (Å²) in [6.45, 7) is 3.36. The number of nitrogens with one attached hydrogen (secondary N) is 1. The van der Waals surface area contributed by atoms with E-state index < -0.39 is 11.4 Å². The van der Waals surface area contributed by atoms with E-state index in [0.717, 1.165) is 0 Å². The number of carbonyl (C=O) groups excluding carboxylic acids is 1. The number of amides is 1. The number of hydrogen-bond donors (Lipinski definition) is 4. The van der Waals surface area contributed by atoms with Crippen LogP contribution in [0.3, 0.4) is 0 Å². The second-order valence-electron chi connectivity index (χ2n) is 3.06. The highest BCUT2D eigenvalue weighted by Gasteiger charge is 2.19. The Labute approximate surface area is 70.6 Å². The SMILES string of the molecule is CC(C)(CC(N)=O)N=C(N)NO. The molecule has 70 valence electrons. The summed E-state index contributed by atoms with van der Waals surface area (Å²) < 4.78 is 0. The lowest BCUT2D eigenvalue weighted by Gasteiger charge is -2.17. The number of nitrogens with two attached hydrogens (primary N) is 2. The van der Waals surface area contributed by atoms with Gasteiger partial charge in [0.25, 0.3) is 0 Å². The van der Waals surface area contributed by atoms with Crippen molar-refractivity contribution in [3.05, 3.63) is 0 Å². The van der Waals surface area contributed by atoms with Crippen molar-refractivity contribution in [2.45, 2.75) is 25.8 Å². The zero-order chi connectivity index (χ0) is 9.78. The smallest absolute Gasteiger partial charge is 0.219 e. The third-order valence-electron chi connectivity index (χ3n) is 1.14. The quantitative estimate of drug-likeness (QED) is 0.248. The highest BCUT2D eigenvalue weighted by Crippen LogP contribution is 2.12. The molecule has 0 radical (unpaired) electrons. The molecule has 0 aromatic carbocycles. The highest BCUT2D eigenvalue weighted by atomic mass is 16.5. The standard InChI is InChI=1S/C6H14N4O2/c1-6(2,3-4(7)11)9-5(8)10-12/h12H,3H2,1-2H3,(H2,7,11)(H3,8,9,10). The van der Waals surface area contributed by atoms with Gasteiger partial charge in [-0.25, -0.2) is 10.5 Å². The molecule has 0 aromatic rings. The predicted molar refractivity (Wildman–Crippen MR) is 44.4 cm³/mol. The largest absolute Gasteiger partial charge is 0.370 e. The lowest BCUT2D eigenvalue weighted by molar-refractivity contribution is -0.118. The van der Waals surface area contributed by atoms with Gasteiger partial charge in [-0.1, -0.05) is 0 Å². The Balaban J connectivity index is 4.30. The molecule has 1 amide bonds. The highest BCUT2D eigenvalue weighted by molar-refractivity contribution is 5.79. The fraction of sp³-hybridized carbons (Fsp3) is 0.667. The maximum atomic E-state index is 10.5. The molecule has 0 saturated heterocycles. The zero-order valence-corrected chi connectivity index (χ0v) is 7.16. The molecule has 0 unspecified atom stereocenters. The molecule has 0 bridgehead atoms. The van der Waals surface area contributed by atoms with Crippen LogP contribution in [0.1, 0.15) is 20.3 Å². The van der Waals surface area contributed by atoms with Crippen LogP contribution in [0.4, 0.5) is 0 Å². The first-order chi connectivity index (χ1) is 5.37. The van der Waals surface area contributed by atoms with E-state index >= 15 is 0 Å². The third kappa shape index (κ3) is 4.51. The van der Waals surface area contributed by atoms with Crippen LogP contribution in [0, 0.1) is 0 Å². The molecule has 0 spiro atoms. The van der Waals surface area contributed by atoms with Crippen LogP contribution in [-0.4, -0.2) is 22.6 Å². The first-order valence-electron chi connectivity index (χ1n) is 3.41. The molecule has 0 saturated carbocycles. The molecule has 0 aromatic heterocycles. The summed E-state index contributed by atoms with van der Waals surface area (Å²) in [6, 6.07) is 0. The molecule has 6 nitrogen and oxygen atoms in total. The number of hydrogen-bond acceptors (Lipinski definition) is 3. The molecular formula is C6H14N4O2. The second kappa shape index (κ2) is 3.91. The van der Waals surface area contributed by atoms with Crippen LogP contribution < -0.4 is 16.9 Å². The number of aliphatic imine (C=N–C) groups is 1. The van der Waals surface area contributed by atoms with Gasteiger partial charge >= 0.3 is 0 Å². The Morgan fingerprint density at radius 1 is 1.58 bits per heavy atom. The van der Waals surface area contributed by atoms with Crippen molar-refractivity contribution in [3.8, 4) is 0 Å². The maximum absolute atomic E-state index is 10.5. The van der Waals surface area contributed by atoms with Gasteiger partial charge in [-0.05, 0) is 13.8 Å². The van der Waals surface area contributed by atoms with E-state index in [1.165, 1.54) is 0 Å². The van der Waals surface area contributed by atoms with Gasteiger partial charge in [0.2, 0.25) is 11.9 Å². The summed E-state index contributed by atoms with van der Waals surface area (Å²) in [5, 5.41) is 8.31. The van der Waals surface area contributed by atoms with Crippen molar-refractivity contribution in [1.29, 1.82) is 0 Å². The van der Waals surface area contributed by atoms with Gasteiger partial charge < -0.3 is 11.5 Å². The van der Waals surface area contributed by atoms with Crippen LogP contribution in [0.2, 0.25) is 0 Å². The van der Waals surface area contributed by atoms with E-state index in [-0.39, 0.29) is 12.4 Å². The van der Waals surface area contributed by atoms with Gasteiger partial charge in [0.15, 0.2) is 0 Å². The van der Waals surface area contributed by atoms with Crippen molar-refractivity contribution in [2.24, 2.45) is 16.5 Å². The van der Waals surface area contributed by atoms with Gasteiger partial charge in [-0.3, -0.25) is 10.0 Å². The molecule has 6 heteroatoms. The first-order valence-corrected chi connectivity index (χ1v) is 3.41. The Hall–Kier alpha value is -1.30. The molecule has 0 fully saturated rings. The molecule has 0 rings (SSSR count). The van der Waals surface area contributed by atoms with E-state index in [9.17, 15) is 4.79 Å². The molecule has 0 aliphatic rings. The molecular weight excluding hydrogens is 160 g/mol. The van der Waals surface area contributed by atoms with E-state index in [1.807, 2.05) is 0 Å². The van der Waals surface area contributed by atoms with Crippen LogP contribution in [0.5, 0.6) is 0 Å². The molecule has 0 atom stereocenters. The molecule has 12 heavy (non-hydrogen) atoms. The Bertz CT molecular complexity index is 200. The molecule has 0 aliphatic heterocycles. The minimum absolute atomic E-state index is 0.0787. The van der Waals surface area contributed by atoms with Crippen molar-refractivity contribution >= 4 is 11.9 Å². The van der Waals surface area contributed by atoms with Crippen molar-refractivity contribution in [3.63, 3.8) is 0 Å². The number of nitrogens with zero attached hydrogens (tertiary/aromatic N) is 1. The first kappa shape index (κ1) is 10.7. The summed E-state index contributed by atoms with van der Waals surface area (Å²) in [5.74, 6) is -0.601. The normalized spacial score (nSPS) is 12.8. The van der Waals surface area contributed by atoms with Crippen LogP contribution in [0.15, 0.2) is 4.99 Å². The zero-order valence-electron chi connectivity index (χ0n) is 7.16. The minimum atomic E-state index is -0.689. The fourth-order valence-corrected chi connectivity index (χ4v) is 0.817. The number of primary amides is 1. The summed E-state index contributed by atoms with van der Waals surface area (Å²) >= 11 is 0. The molecule has 6 N–H and O–H groups in total. The lowest BCUT2D eigenvalue weighted by atomic mass is 10.0. The fourth-order valence-electron chi connectivity index (χ4n) is 0.817. The number of rotatable bonds is 3. The maximum Gasteiger partial charge on any atom is 0.219 e. The van der Waals surface area contributed by atoms with E-state index in [2.05, 4.69) is 4.99 Å². The monoisotopic (exact) mass is 174 g/mol. The lowest BCUT2D eigenvalue weighted by Crippen LogP contribution is -2.35. The minimum Gasteiger partial charge on any atom is -0.370 e. The molecule has 0 aliphatic carbocycles. The van der Waals surface area contributed by atoms with Gasteiger partial charge in [-0.2, -0.15) is 0 Å². The average Bonchev–Trinajstić information content (AvgIpc) is 1.83. The molecule has 0 heterocycles. The van der Waals surface area contributed by atoms with Crippen LogP contribution >= 0.6 is 0 Å². The van der Waals surface area contributed by atoms with Gasteiger partial charge in [0, 0.05) is 0 Å². The summed E-state index contributed by atoms with van der Waals surface area (Å²) in [7, 11) is 0. The summed E-state index contributed by atoms with van der Waals surface area (Å²) in [5.41, 5.74) is 11.1. The Morgan fingerprint density at radius 3 is 2.42 bits per heavy atom. The van der Waals surface area contributed by atoms with Gasteiger partial charge in [0.05, 0.1) is 12.0 Å². The topological polar surface area (TPSA) is 114 Å². The van der Waals surface area contributed by atoms with Crippen molar-refractivity contribution < 1.29 is 10.0 Å². The number of hydroxylamine groups is 1. The van der Waals surface area contributed by atoms with Crippen molar-refractivity contribution in [1.82, 2.24) is 5.48 Å². The Kier molecular flexibility index (Phi) is 3.49. The summed E-state index contributed by atoms with van der Waals surface area (Å²) in [6.07, 6.45) is 0.0787. The number of carbonyl (C=O) groups is 1. The van der Waals surface area contributed by atoms with Crippen LogP contribution in [0.25, 0.3) is 0 Å². The van der Waals surface area contributed by atoms with Crippen molar-refractivity contribution in [2.75, 3.05) is 0 Å². The average molecular weight is 174 g/mol. The van der Waals surface area contributed by atoms with Crippen LogP contribution in [-0.2, 0) is 4.79 Å². The van der Waals surface area contributed by atoms with Gasteiger partial charge in [-0.15, -0.1) is 0 Å². The third-order valence-corrected chi connectivity index (χ3v) is 1.14. The van der Waals surface area contributed by atoms with Gasteiger partial charge in [0.1, 0.15) is 0 Å².